The van der Waals surface area contributed by atoms with Gasteiger partial charge in [0.1, 0.15) is 23.8 Å². The number of hydrogen-bond donors (Lipinski definition) is 3. The van der Waals surface area contributed by atoms with Crippen LogP contribution in [0.3, 0.4) is 0 Å². The average Bonchev–Trinajstić information content (AvgIpc) is 3.50. The largest absolute Gasteiger partial charge is 0.489 e. The molecule has 0 unspecified atom stereocenters. The van der Waals surface area contributed by atoms with E-state index in [1.165, 1.54) is 24.5 Å². The number of nitrogens with one attached hydrogen (secondary N) is 3. The summed E-state index contributed by atoms with van der Waals surface area (Å²) in [6, 6.07) is 37.3. The summed E-state index contributed by atoms with van der Waals surface area (Å²) < 4.78 is 35.9. The minimum Gasteiger partial charge on any atom is -0.489 e. The maximum atomic E-state index is 13.0. The van der Waals surface area contributed by atoms with E-state index in [0.29, 0.717) is 30.9 Å². The third kappa shape index (κ3) is 9.79. The lowest BCUT2D eigenvalue weighted by Gasteiger charge is -2.09. The van der Waals surface area contributed by atoms with Gasteiger partial charge in [0.15, 0.2) is 5.82 Å². The number of sulfonamides is 1. The lowest BCUT2D eigenvalue weighted by molar-refractivity contribution is -0.121. The summed E-state index contributed by atoms with van der Waals surface area (Å²) >= 11 is 0. The molecule has 0 radical (unpaired) electrons. The van der Waals surface area contributed by atoms with Gasteiger partial charge in [0.05, 0.1) is 6.34 Å². The summed E-state index contributed by atoms with van der Waals surface area (Å²) in [4.78, 5) is 33.9. The molecule has 0 bridgehead atoms. The molecule has 4 aromatic carbocycles. The van der Waals surface area contributed by atoms with Gasteiger partial charge in [-0.05, 0) is 66.1 Å². The Bertz CT molecular complexity index is 2290. The van der Waals surface area contributed by atoms with Crippen LogP contribution in [0.25, 0.3) is 17.0 Å². The number of ether oxygens (including phenoxy) is 1. The predicted molar refractivity (Wildman–Crippen MR) is 203 cm³/mol. The maximum absolute atomic E-state index is 13.0. The van der Waals surface area contributed by atoms with E-state index in [1.807, 2.05) is 109 Å². The van der Waals surface area contributed by atoms with E-state index in [-0.39, 0.29) is 23.2 Å². The minimum atomic E-state index is -4.23. The van der Waals surface area contributed by atoms with Crippen LogP contribution in [0.15, 0.2) is 150 Å². The molecule has 2 amide bonds. The number of benzene rings is 4. The van der Waals surface area contributed by atoms with Crippen LogP contribution >= 0.6 is 0 Å². The zero-order valence-corrected chi connectivity index (χ0v) is 28.9. The zero-order chi connectivity index (χ0) is 36.2. The predicted octanol–water partition coefficient (Wildman–Crippen LogP) is 6.26. The molecule has 0 saturated carbocycles. The van der Waals surface area contributed by atoms with Crippen molar-refractivity contribution in [3.8, 4) is 5.75 Å². The number of aromatic nitrogens is 2. The lowest BCUT2D eigenvalue weighted by Crippen LogP contribution is -2.29. The van der Waals surface area contributed by atoms with Crippen LogP contribution in [-0.2, 0) is 39.2 Å². The zero-order valence-electron chi connectivity index (χ0n) is 28.1. The van der Waals surface area contributed by atoms with Crippen LogP contribution in [0.4, 0.5) is 11.5 Å². The molecular weight excluding hydrogens is 677 g/mol. The number of rotatable bonds is 15. The highest BCUT2D eigenvalue weighted by molar-refractivity contribution is 7.90. The second-order valence-electron chi connectivity index (χ2n) is 11.7. The van der Waals surface area contributed by atoms with Gasteiger partial charge in [-0.1, -0.05) is 78.9 Å². The van der Waals surface area contributed by atoms with Crippen LogP contribution in [0.5, 0.6) is 5.75 Å². The summed E-state index contributed by atoms with van der Waals surface area (Å²) in [5.74, 6) is -0.152. The van der Waals surface area contributed by atoms with Crippen molar-refractivity contribution >= 4 is 56.7 Å². The fraction of sp³-hybridized carbons (Fsp3) is 0.100. The Morgan fingerprint density at radius 2 is 1.56 bits per heavy atom. The van der Waals surface area contributed by atoms with Crippen LogP contribution in [-0.4, -0.2) is 42.7 Å². The molecule has 12 heteroatoms. The van der Waals surface area contributed by atoms with Crippen molar-refractivity contribution in [2.75, 3.05) is 11.9 Å². The first-order valence-corrected chi connectivity index (χ1v) is 18.0. The normalized spacial score (nSPS) is 11.5. The molecule has 52 heavy (non-hydrogen) atoms. The molecule has 2 aromatic heterocycles. The third-order valence-corrected chi connectivity index (χ3v) is 9.24. The van der Waals surface area contributed by atoms with Crippen LogP contribution < -0.4 is 20.1 Å². The molecule has 0 aliphatic heterocycles. The molecule has 0 aliphatic rings. The van der Waals surface area contributed by atoms with Gasteiger partial charge < -0.3 is 19.9 Å². The van der Waals surface area contributed by atoms with Crippen molar-refractivity contribution in [1.82, 2.24) is 19.6 Å². The second-order valence-corrected chi connectivity index (χ2v) is 13.4. The molecule has 262 valence electrons. The molecule has 0 aliphatic carbocycles. The van der Waals surface area contributed by atoms with Gasteiger partial charge >= 0.3 is 0 Å². The molecule has 3 N–H and O–H groups in total. The first kappa shape index (κ1) is 35.3. The molecular formula is C40H36N6O5S. The maximum Gasteiger partial charge on any atom is 0.265 e. The van der Waals surface area contributed by atoms with E-state index in [9.17, 15) is 18.0 Å². The molecule has 11 nitrogen and oxygen atoms in total. The summed E-state index contributed by atoms with van der Waals surface area (Å²) in [6.45, 7) is 0.881. The van der Waals surface area contributed by atoms with Crippen LogP contribution in [0.2, 0.25) is 0 Å². The van der Waals surface area contributed by atoms with E-state index in [4.69, 9.17) is 4.74 Å². The fourth-order valence-electron chi connectivity index (χ4n) is 5.31. The van der Waals surface area contributed by atoms with E-state index in [1.54, 1.807) is 10.8 Å². The number of anilines is 1. The SMILES string of the molecule is O=C(C=Cc1cn(CC(=O)NCCc2ccccc2)c2ccc(OCc3ccccc3)cc12)NS(=O)(=O)c1ccc(N=CNc2ccccc2)nc1. The Hall–Kier alpha value is -6.53. The topological polar surface area (TPSA) is 144 Å². The summed E-state index contributed by atoms with van der Waals surface area (Å²) in [7, 11) is -4.23. The Balaban J connectivity index is 1.14. The monoisotopic (exact) mass is 712 g/mol. The van der Waals surface area contributed by atoms with Crippen molar-refractivity contribution in [1.29, 1.82) is 0 Å². The van der Waals surface area contributed by atoms with E-state index in [2.05, 4.69) is 25.3 Å². The smallest absolute Gasteiger partial charge is 0.265 e. The number of nitrogens with zero attached hydrogens (tertiary/aromatic N) is 3. The molecule has 0 spiro atoms. The van der Waals surface area contributed by atoms with Crippen molar-refractivity contribution in [2.45, 2.75) is 24.5 Å². The first-order chi connectivity index (χ1) is 25.3. The summed E-state index contributed by atoms with van der Waals surface area (Å²) in [5.41, 5.74) is 4.30. The third-order valence-electron chi connectivity index (χ3n) is 7.91. The number of hydrogen-bond acceptors (Lipinski definition) is 7. The highest BCUT2D eigenvalue weighted by Crippen LogP contribution is 2.28. The Kier molecular flexibility index (Phi) is 11.5. The van der Waals surface area contributed by atoms with Gasteiger partial charge in [-0.25, -0.2) is 23.1 Å². The van der Waals surface area contributed by atoms with Gasteiger partial charge in [0.25, 0.3) is 15.9 Å². The van der Waals surface area contributed by atoms with Gasteiger partial charge in [-0.3, -0.25) is 9.59 Å². The van der Waals surface area contributed by atoms with Crippen molar-refractivity contribution in [3.63, 3.8) is 0 Å². The number of fused-ring (bicyclic) bond motifs is 1. The Morgan fingerprint density at radius 1 is 0.846 bits per heavy atom. The van der Waals surface area contributed by atoms with Gasteiger partial charge in [-0.15, -0.1) is 0 Å². The van der Waals surface area contributed by atoms with Gasteiger partial charge in [-0.2, -0.15) is 0 Å². The molecule has 2 heterocycles. The van der Waals surface area contributed by atoms with Gasteiger partial charge in [0, 0.05) is 47.2 Å². The number of amides is 2. The number of aliphatic imine (C=N–C) groups is 1. The quantitative estimate of drug-likeness (QED) is 0.0648. The van der Waals surface area contributed by atoms with Crippen molar-refractivity contribution in [2.24, 2.45) is 4.99 Å². The summed E-state index contributed by atoms with van der Waals surface area (Å²) in [5, 5.41) is 6.69. The number of carbonyl (C=O) groups excluding carboxylic acids is 2. The Labute approximate surface area is 301 Å². The van der Waals surface area contributed by atoms with E-state index in [0.717, 1.165) is 40.0 Å². The minimum absolute atomic E-state index is 0.0410. The standard InChI is InChI=1S/C40H36N6O5S/c47-39(45-52(49,50)35-18-20-38(42-25-35)44-29-43-33-14-8-3-9-15-33)21-16-32-26-46(27-40(48)41-23-22-30-10-4-1-5-11-30)37-19-17-34(24-36(32)37)51-28-31-12-6-2-7-13-31/h1-21,24-26,29H,22-23,27-28H2,(H,41,48)(H,45,47)(H,42,43,44). The molecule has 0 fully saturated rings. The number of pyridine rings is 1. The number of carbonyl (C=O) groups is 2. The second kappa shape index (κ2) is 16.9. The van der Waals surface area contributed by atoms with Crippen molar-refractivity contribution < 1.29 is 22.7 Å². The average molecular weight is 713 g/mol. The molecule has 6 aromatic rings. The lowest BCUT2D eigenvalue weighted by atomic mass is 10.1. The van der Waals surface area contributed by atoms with Crippen molar-refractivity contribution in [3.05, 3.63) is 156 Å². The molecule has 0 saturated heterocycles. The highest BCUT2D eigenvalue weighted by atomic mass is 32.2. The summed E-state index contributed by atoms with van der Waals surface area (Å²) in [6.07, 6.45) is 7.67. The fourth-order valence-corrected chi connectivity index (χ4v) is 6.20. The first-order valence-electron chi connectivity index (χ1n) is 16.5. The van der Waals surface area contributed by atoms with E-state index >= 15 is 0 Å². The van der Waals surface area contributed by atoms with Crippen LogP contribution in [0.1, 0.15) is 16.7 Å². The van der Waals surface area contributed by atoms with E-state index < -0.39 is 15.9 Å². The number of para-hydroxylation sites is 1. The highest BCUT2D eigenvalue weighted by Gasteiger charge is 2.17. The Morgan fingerprint density at radius 3 is 2.27 bits per heavy atom. The molecule has 0 atom stereocenters. The van der Waals surface area contributed by atoms with Gasteiger partial charge in [0.2, 0.25) is 5.91 Å². The van der Waals surface area contributed by atoms with Crippen LogP contribution in [0, 0.1) is 0 Å². The molecule has 6 rings (SSSR count).